The number of halogens is 1. The van der Waals surface area contributed by atoms with Crippen LogP contribution < -0.4 is 4.90 Å². The Morgan fingerprint density at radius 3 is 2.89 bits per heavy atom. The van der Waals surface area contributed by atoms with E-state index in [0.29, 0.717) is 17.1 Å². The fraction of sp³-hybridized carbons (Fsp3) is 0.231. The molecule has 0 aliphatic heterocycles. The van der Waals surface area contributed by atoms with Gasteiger partial charge in [-0.2, -0.15) is 10.4 Å². The van der Waals surface area contributed by atoms with E-state index in [1.807, 2.05) is 43.5 Å². The number of benzene rings is 1. The summed E-state index contributed by atoms with van der Waals surface area (Å²) in [5.74, 6) is 0. The van der Waals surface area contributed by atoms with Gasteiger partial charge in [0.2, 0.25) is 0 Å². The number of nitriles is 1. The normalized spacial score (nSPS) is 10.1. The summed E-state index contributed by atoms with van der Waals surface area (Å²) in [5.41, 5.74) is 2.42. The first-order valence-corrected chi connectivity index (χ1v) is 5.87. The maximum atomic E-state index is 9.14. The molecule has 0 spiro atoms. The number of hydrogen-bond acceptors (Lipinski definition) is 3. The second kappa shape index (κ2) is 5.11. The Hall–Kier alpha value is -1.99. The van der Waals surface area contributed by atoms with E-state index in [0.717, 1.165) is 11.3 Å². The summed E-state index contributed by atoms with van der Waals surface area (Å²) < 4.78 is 1.76. The summed E-state index contributed by atoms with van der Waals surface area (Å²) in [7, 11) is 3.81. The van der Waals surface area contributed by atoms with Gasteiger partial charge in [0, 0.05) is 32.4 Å². The van der Waals surface area contributed by atoms with Gasteiger partial charge in [0.1, 0.15) is 6.07 Å². The summed E-state index contributed by atoms with van der Waals surface area (Å²) in [6, 6.07) is 7.60. The number of hydrogen-bond donors (Lipinski definition) is 0. The molecular weight excluding hydrogens is 248 g/mol. The van der Waals surface area contributed by atoms with Crippen molar-refractivity contribution in [3.63, 3.8) is 0 Å². The van der Waals surface area contributed by atoms with E-state index in [-0.39, 0.29) is 0 Å². The lowest BCUT2D eigenvalue weighted by Crippen LogP contribution is -2.17. The first-order valence-electron chi connectivity index (χ1n) is 5.49. The number of rotatable bonds is 3. The number of anilines is 1. The topological polar surface area (TPSA) is 44.9 Å². The monoisotopic (exact) mass is 260 g/mol. The molecule has 0 fully saturated rings. The Morgan fingerprint density at radius 2 is 2.28 bits per heavy atom. The molecule has 0 aliphatic rings. The van der Waals surface area contributed by atoms with E-state index < -0.39 is 0 Å². The largest absolute Gasteiger partial charge is 0.369 e. The number of aromatic nitrogens is 2. The zero-order chi connectivity index (χ0) is 13.1. The fourth-order valence-corrected chi connectivity index (χ4v) is 2.07. The maximum absolute atomic E-state index is 9.14. The molecule has 0 atom stereocenters. The summed E-state index contributed by atoms with van der Waals surface area (Å²) in [4.78, 5) is 1.99. The van der Waals surface area contributed by atoms with Crippen molar-refractivity contribution >= 4 is 17.3 Å². The molecular formula is C13H13ClN4. The molecule has 92 valence electrons. The van der Waals surface area contributed by atoms with Gasteiger partial charge >= 0.3 is 0 Å². The van der Waals surface area contributed by atoms with Gasteiger partial charge in [-0.3, -0.25) is 4.68 Å². The molecule has 5 heteroatoms. The molecule has 0 unspecified atom stereocenters. The van der Waals surface area contributed by atoms with Crippen LogP contribution >= 0.6 is 11.6 Å². The van der Waals surface area contributed by atoms with Gasteiger partial charge in [-0.05, 0) is 12.1 Å². The molecule has 0 amide bonds. The minimum absolute atomic E-state index is 0.480. The lowest BCUT2D eigenvalue weighted by molar-refractivity contribution is 0.766. The zero-order valence-electron chi connectivity index (χ0n) is 10.3. The first-order chi connectivity index (χ1) is 8.61. The highest BCUT2D eigenvalue weighted by Crippen LogP contribution is 2.26. The van der Waals surface area contributed by atoms with E-state index in [1.165, 1.54) is 0 Å². The molecule has 4 nitrogen and oxygen atoms in total. The minimum Gasteiger partial charge on any atom is -0.369 e. The number of nitrogens with zero attached hydrogens (tertiary/aromatic N) is 4. The number of aryl methyl sites for hydroxylation is 1. The predicted molar refractivity (Wildman–Crippen MR) is 71.5 cm³/mol. The van der Waals surface area contributed by atoms with Crippen molar-refractivity contribution in [1.29, 1.82) is 5.26 Å². The summed E-state index contributed by atoms with van der Waals surface area (Å²) >= 11 is 6.02. The van der Waals surface area contributed by atoms with Gasteiger partial charge in [0.25, 0.3) is 0 Å². The molecule has 1 aromatic heterocycles. The van der Waals surface area contributed by atoms with Crippen molar-refractivity contribution in [2.45, 2.75) is 6.54 Å². The molecule has 1 aromatic carbocycles. The van der Waals surface area contributed by atoms with Crippen LogP contribution in [-0.2, 0) is 13.6 Å². The van der Waals surface area contributed by atoms with E-state index in [4.69, 9.17) is 16.9 Å². The van der Waals surface area contributed by atoms with Crippen molar-refractivity contribution in [3.8, 4) is 6.07 Å². The van der Waals surface area contributed by atoms with E-state index >= 15 is 0 Å². The minimum atomic E-state index is 0.480. The van der Waals surface area contributed by atoms with Crippen LogP contribution in [0.25, 0.3) is 0 Å². The smallest absolute Gasteiger partial charge is 0.103 e. The molecule has 2 rings (SSSR count). The van der Waals surface area contributed by atoms with Gasteiger partial charge < -0.3 is 4.90 Å². The van der Waals surface area contributed by atoms with Gasteiger partial charge in [-0.15, -0.1) is 0 Å². The van der Waals surface area contributed by atoms with Crippen LogP contribution in [0.15, 0.2) is 30.6 Å². The lowest BCUT2D eigenvalue weighted by Gasteiger charge is -2.20. The molecule has 1 heterocycles. The Kier molecular flexibility index (Phi) is 3.54. The highest BCUT2D eigenvalue weighted by atomic mass is 35.5. The van der Waals surface area contributed by atoms with E-state index in [1.54, 1.807) is 10.7 Å². The molecule has 0 radical (unpaired) electrons. The van der Waals surface area contributed by atoms with Crippen molar-refractivity contribution < 1.29 is 0 Å². The lowest BCUT2D eigenvalue weighted by atomic mass is 10.1. The van der Waals surface area contributed by atoms with E-state index in [2.05, 4.69) is 11.2 Å². The third-order valence-electron chi connectivity index (χ3n) is 2.69. The molecule has 0 saturated heterocycles. The van der Waals surface area contributed by atoms with Gasteiger partial charge in [-0.1, -0.05) is 17.7 Å². The second-order valence-electron chi connectivity index (χ2n) is 4.12. The average Bonchev–Trinajstić information content (AvgIpc) is 2.74. The van der Waals surface area contributed by atoms with Crippen LogP contribution in [0.4, 0.5) is 5.69 Å². The maximum Gasteiger partial charge on any atom is 0.103 e. The fourth-order valence-electron chi connectivity index (χ4n) is 1.85. The summed E-state index contributed by atoms with van der Waals surface area (Å²) in [6.07, 6.45) is 3.76. The van der Waals surface area contributed by atoms with E-state index in [9.17, 15) is 0 Å². The van der Waals surface area contributed by atoms with Crippen LogP contribution in [-0.4, -0.2) is 16.8 Å². The molecule has 0 N–H and O–H groups in total. The van der Waals surface area contributed by atoms with Crippen LogP contribution in [0.5, 0.6) is 0 Å². The third-order valence-corrected chi connectivity index (χ3v) is 3.01. The Morgan fingerprint density at radius 1 is 1.50 bits per heavy atom. The van der Waals surface area contributed by atoms with Crippen LogP contribution in [0.2, 0.25) is 5.02 Å². The van der Waals surface area contributed by atoms with Crippen molar-refractivity contribution in [1.82, 2.24) is 9.78 Å². The second-order valence-corrected chi connectivity index (χ2v) is 4.53. The molecule has 0 aliphatic carbocycles. The van der Waals surface area contributed by atoms with Crippen LogP contribution in [0.1, 0.15) is 11.1 Å². The highest BCUT2D eigenvalue weighted by Gasteiger charge is 2.11. The molecule has 2 aromatic rings. The predicted octanol–water partition coefficient (Wildman–Crippen LogP) is 2.58. The van der Waals surface area contributed by atoms with Crippen molar-refractivity contribution in [2.24, 2.45) is 7.05 Å². The SMILES string of the molecule is CN(Cc1cnn(C)c1)c1cccc(Cl)c1C#N. The van der Waals surface area contributed by atoms with Crippen LogP contribution in [0, 0.1) is 11.3 Å². The zero-order valence-corrected chi connectivity index (χ0v) is 11.0. The highest BCUT2D eigenvalue weighted by molar-refractivity contribution is 6.32. The van der Waals surface area contributed by atoms with Crippen molar-refractivity contribution in [2.75, 3.05) is 11.9 Å². The van der Waals surface area contributed by atoms with Gasteiger partial charge in [0.15, 0.2) is 0 Å². The Bertz CT molecular complexity index is 597. The van der Waals surface area contributed by atoms with Gasteiger partial charge in [0.05, 0.1) is 22.5 Å². The Balaban J connectivity index is 2.27. The van der Waals surface area contributed by atoms with Crippen LogP contribution in [0.3, 0.4) is 0 Å². The summed E-state index contributed by atoms with van der Waals surface area (Å²) in [5, 5.41) is 13.7. The first kappa shape index (κ1) is 12.5. The summed E-state index contributed by atoms with van der Waals surface area (Å²) in [6.45, 7) is 0.683. The van der Waals surface area contributed by atoms with Crippen molar-refractivity contribution in [3.05, 3.63) is 46.7 Å². The third kappa shape index (κ3) is 2.47. The average molecular weight is 261 g/mol. The van der Waals surface area contributed by atoms with Gasteiger partial charge in [-0.25, -0.2) is 0 Å². The molecule has 18 heavy (non-hydrogen) atoms. The molecule has 0 bridgehead atoms. The molecule has 0 saturated carbocycles. The standard InChI is InChI=1S/C13H13ClN4/c1-17(8-10-7-16-18(2)9-10)13-5-3-4-12(14)11(13)6-15/h3-5,7,9H,8H2,1-2H3. The quantitative estimate of drug-likeness (QED) is 0.852. The Labute approximate surface area is 111 Å².